The predicted molar refractivity (Wildman–Crippen MR) is 86.4 cm³/mol. The first-order valence-electron chi connectivity index (χ1n) is 6.97. The summed E-state index contributed by atoms with van der Waals surface area (Å²) in [5.74, 6) is -0.674. The molecule has 3 rings (SSSR count). The molecule has 1 fully saturated rings. The maximum Gasteiger partial charge on any atom is 0.269 e. The number of hydrogen-bond acceptors (Lipinski definition) is 4. The number of thiophene rings is 1. The average molecular weight is 310 g/mol. The van der Waals surface area contributed by atoms with Crippen molar-refractivity contribution >= 4 is 22.9 Å². The van der Waals surface area contributed by atoms with Crippen LogP contribution in [-0.4, -0.2) is 11.0 Å². The highest BCUT2D eigenvalue weighted by molar-refractivity contribution is 7.13. The van der Waals surface area contributed by atoms with Crippen LogP contribution in [0.5, 0.6) is 0 Å². The monoisotopic (exact) mass is 310 g/mol. The molecule has 22 heavy (non-hydrogen) atoms. The summed E-state index contributed by atoms with van der Waals surface area (Å²) in [6.07, 6.45) is 1.67. The second kappa shape index (κ2) is 6.04. The number of aliphatic hydroxyl groups excluding tert-OH is 1. The molecule has 1 amide bonds. The zero-order chi connectivity index (χ0) is 15.5. The highest BCUT2D eigenvalue weighted by Gasteiger charge is 2.30. The Hall–Kier alpha value is -2.58. The van der Waals surface area contributed by atoms with E-state index in [-0.39, 0.29) is 17.3 Å². The molecule has 0 bridgehead atoms. The molecule has 0 atom stereocenters. The van der Waals surface area contributed by atoms with Crippen LogP contribution < -0.4 is 5.32 Å². The van der Waals surface area contributed by atoms with E-state index in [0.717, 1.165) is 23.3 Å². The number of nitrogens with one attached hydrogen (secondary N) is 1. The number of amides is 1. The number of benzene rings is 1. The normalized spacial score (nSPS) is 14.9. The lowest BCUT2D eigenvalue weighted by molar-refractivity contribution is -0.112. The molecular weight excluding hydrogens is 296 g/mol. The average Bonchev–Trinajstić information content (AvgIpc) is 3.24. The molecular formula is C17H14N2O2S. The van der Waals surface area contributed by atoms with E-state index >= 15 is 0 Å². The van der Waals surface area contributed by atoms with Crippen LogP contribution in [0.4, 0.5) is 5.69 Å². The summed E-state index contributed by atoms with van der Waals surface area (Å²) in [5, 5.41) is 23.6. The maximum absolute atomic E-state index is 12.1. The quantitative estimate of drug-likeness (QED) is 0.507. The minimum atomic E-state index is -0.559. The number of rotatable bonds is 4. The van der Waals surface area contributed by atoms with Crippen LogP contribution in [-0.2, 0) is 4.79 Å². The highest BCUT2D eigenvalue weighted by Crippen LogP contribution is 2.36. The molecule has 4 nitrogen and oxygen atoms in total. The molecule has 0 unspecified atom stereocenters. The van der Waals surface area contributed by atoms with Gasteiger partial charge in [-0.25, -0.2) is 0 Å². The van der Waals surface area contributed by atoms with Crippen molar-refractivity contribution in [1.29, 1.82) is 5.26 Å². The molecule has 1 heterocycles. The van der Waals surface area contributed by atoms with Crippen LogP contribution in [0.2, 0.25) is 0 Å². The summed E-state index contributed by atoms with van der Waals surface area (Å²) < 4.78 is 0. The van der Waals surface area contributed by atoms with Gasteiger partial charge in [-0.15, -0.1) is 11.3 Å². The maximum atomic E-state index is 12.1. The van der Waals surface area contributed by atoms with E-state index in [1.807, 2.05) is 29.6 Å². The van der Waals surface area contributed by atoms with Gasteiger partial charge in [0, 0.05) is 16.5 Å². The number of allylic oxidation sites excluding steroid dienone is 1. The van der Waals surface area contributed by atoms with Crippen molar-refractivity contribution < 1.29 is 9.90 Å². The molecule has 1 saturated carbocycles. The van der Waals surface area contributed by atoms with Crippen molar-refractivity contribution in [2.24, 2.45) is 5.92 Å². The zero-order valence-corrected chi connectivity index (χ0v) is 12.6. The fourth-order valence-electron chi connectivity index (χ4n) is 2.14. The van der Waals surface area contributed by atoms with E-state index in [9.17, 15) is 9.90 Å². The largest absolute Gasteiger partial charge is 0.510 e. The fraction of sp³-hybridized carbons (Fsp3) is 0.176. The van der Waals surface area contributed by atoms with E-state index in [2.05, 4.69) is 5.32 Å². The van der Waals surface area contributed by atoms with Gasteiger partial charge in [0.15, 0.2) is 5.57 Å². The van der Waals surface area contributed by atoms with Crippen molar-refractivity contribution in [2.45, 2.75) is 12.8 Å². The molecule has 1 aromatic heterocycles. The summed E-state index contributed by atoms with van der Waals surface area (Å²) in [5.41, 5.74) is 1.48. The summed E-state index contributed by atoms with van der Waals surface area (Å²) in [6.45, 7) is 0. The van der Waals surface area contributed by atoms with Crippen molar-refractivity contribution in [3.8, 4) is 16.5 Å². The van der Waals surface area contributed by atoms with Crippen molar-refractivity contribution in [1.82, 2.24) is 0 Å². The molecule has 2 aromatic rings. The first-order chi connectivity index (χ1) is 10.7. The van der Waals surface area contributed by atoms with Gasteiger partial charge < -0.3 is 10.4 Å². The van der Waals surface area contributed by atoms with Gasteiger partial charge in [-0.1, -0.05) is 18.2 Å². The van der Waals surface area contributed by atoms with E-state index < -0.39 is 5.91 Å². The van der Waals surface area contributed by atoms with Crippen molar-refractivity contribution in [3.63, 3.8) is 0 Å². The first-order valence-corrected chi connectivity index (χ1v) is 7.85. The zero-order valence-electron chi connectivity index (χ0n) is 11.7. The molecule has 110 valence electrons. The lowest BCUT2D eigenvalue weighted by atomic mass is 10.1. The molecule has 0 radical (unpaired) electrons. The first kappa shape index (κ1) is 14.4. The molecule has 5 heteroatoms. The Morgan fingerprint density at radius 3 is 2.55 bits per heavy atom. The van der Waals surface area contributed by atoms with Crippen molar-refractivity contribution in [3.05, 3.63) is 53.1 Å². The number of aliphatic hydroxyl groups is 1. The van der Waals surface area contributed by atoms with E-state index in [0.29, 0.717) is 5.69 Å². The van der Waals surface area contributed by atoms with Gasteiger partial charge in [-0.3, -0.25) is 4.79 Å². The highest BCUT2D eigenvalue weighted by atomic mass is 32.1. The van der Waals surface area contributed by atoms with Crippen molar-refractivity contribution in [2.75, 3.05) is 5.32 Å². The summed E-state index contributed by atoms with van der Waals surface area (Å²) >= 11 is 1.65. The Labute approximate surface area is 132 Å². The number of hydrogen-bond donors (Lipinski definition) is 2. The minimum absolute atomic E-state index is 0.0263. The van der Waals surface area contributed by atoms with Crippen LogP contribution in [0.1, 0.15) is 12.8 Å². The topological polar surface area (TPSA) is 73.1 Å². The van der Waals surface area contributed by atoms with Crippen LogP contribution in [0.15, 0.2) is 53.1 Å². The fourth-order valence-corrected chi connectivity index (χ4v) is 2.87. The molecule has 1 aromatic carbocycles. The molecule has 0 aliphatic heterocycles. The lowest BCUT2D eigenvalue weighted by Crippen LogP contribution is -2.15. The Kier molecular flexibility index (Phi) is 3.94. The Morgan fingerprint density at radius 2 is 2.00 bits per heavy atom. The second-order valence-corrected chi connectivity index (χ2v) is 6.10. The molecule has 0 saturated heterocycles. The molecule has 2 N–H and O–H groups in total. The number of nitrogens with zero attached hydrogens (tertiary/aromatic N) is 1. The van der Waals surface area contributed by atoms with Gasteiger partial charge in [0.25, 0.3) is 5.91 Å². The van der Waals surface area contributed by atoms with E-state index in [1.165, 1.54) is 0 Å². The number of carbonyl (C=O) groups excluding carboxylic acids is 1. The van der Waals surface area contributed by atoms with Crippen LogP contribution in [0.25, 0.3) is 10.4 Å². The third-order valence-corrected chi connectivity index (χ3v) is 4.43. The van der Waals surface area contributed by atoms with Gasteiger partial charge >= 0.3 is 0 Å². The number of nitriles is 1. The van der Waals surface area contributed by atoms with Gasteiger partial charge in [0.05, 0.1) is 0 Å². The number of anilines is 1. The third-order valence-electron chi connectivity index (χ3n) is 3.51. The van der Waals surface area contributed by atoms with Gasteiger partial charge in [-0.05, 0) is 42.0 Å². The van der Waals surface area contributed by atoms with Crippen LogP contribution in [0.3, 0.4) is 0 Å². The smallest absolute Gasteiger partial charge is 0.269 e. The SMILES string of the molecule is N#C/C(C(=O)Nc1ccc(-c2cccs2)cc1)=C(/O)C1CC1. The van der Waals surface area contributed by atoms with Crippen LogP contribution >= 0.6 is 11.3 Å². The summed E-state index contributed by atoms with van der Waals surface area (Å²) in [7, 11) is 0. The van der Waals surface area contributed by atoms with Crippen LogP contribution in [0, 0.1) is 17.2 Å². The predicted octanol–water partition coefficient (Wildman–Crippen LogP) is 4.10. The van der Waals surface area contributed by atoms with Gasteiger partial charge in [0.2, 0.25) is 0 Å². The second-order valence-electron chi connectivity index (χ2n) is 5.16. The summed E-state index contributed by atoms with van der Waals surface area (Å²) in [6, 6.07) is 13.2. The standard InChI is InChI=1S/C17H14N2O2S/c18-10-14(16(20)12-3-4-12)17(21)19-13-7-5-11(6-8-13)15-2-1-9-22-15/h1-2,5-9,12,20H,3-4H2,(H,19,21)/b16-14-. The number of carbonyl (C=O) groups is 1. The molecule has 0 spiro atoms. The van der Waals surface area contributed by atoms with Gasteiger partial charge in [-0.2, -0.15) is 5.26 Å². The third kappa shape index (κ3) is 3.02. The van der Waals surface area contributed by atoms with Gasteiger partial charge in [0.1, 0.15) is 11.8 Å². The molecule has 1 aliphatic rings. The molecule has 1 aliphatic carbocycles. The van der Waals surface area contributed by atoms with E-state index in [4.69, 9.17) is 5.26 Å². The Morgan fingerprint density at radius 1 is 1.27 bits per heavy atom. The summed E-state index contributed by atoms with van der Waals surface area (Å²) in [4.78, 5) is 13.2. The Bertz CT molecular complexity index is 751. The van der Waals surface area contributed by atoms with E-state index in [1.54, 1.807) is 29.5 Å². The minimum Gasteiger partial charge on any atom is -0.510 e. The lowest BCUT2D eigenvalue weighted by Gasteiger charge is -2.06. The Balaban J connectivity index is 1.74.